The molecule has 5 heteroatoms. The summed E-state index contributed by atoms with van der Waals surface area (Å²) in [6.45, 7) is 4.27. The number of hydrogen-bond donors (Lipinski definition) is 2. The summed E-state index contributed by atoms with van der Waals surface area (Å²) >= 11 is 0. The van der Waals surface area contributed by atoms with Crippen molar-refractivity contribution in [2.75, 3.05) is 19.6 Å². The molecule has 2 rings (SSSR count). The average Bonchev–Trinajstić information content (AvgIpc) is 2.93. The number of aliphatic hydroxyl groups is 1. The Balaban J connectivity index is 1.85. The highest BCUT2D eigenvalue weighted by atomic mass is 19.1. The van der Waals surface area contributed by atoms with Gasteiger partial charge in [0, 0.05) is 25.6 Å². The molecule has 22 heavy (non-hydrogen) atoms. The van der Waals surface area contributed by atoms with Crippen LogP contribution in [-0.4, -0.2) is 41.6 Å². The summed E-state index contributed by atoms with van der Waals surface area (Å²) in [4.78, 5) is 13.8. The number of halogens is 1. The summed E-state index contributed by atoms with van der Waals surface area (Å²) in [6, 6.07) is 6.30. The fraction of sp³-hybridized carbons (Fsp3) is 0.588. The van der Waals surface area contributed by atoms with Gasteiger partial charge in [-0.3, -0.25) is 9.69 Å². The van der Waals surface area contributed by atoms with Gasteiger partial charge in [-0.05, 0) is 50.4 Å². The molecule has 1 aliphatic rings. The predicted octanol–water partition coefficient (Wildman–Crippen LogP) is 2.24. The van der Waals surface area contributed by atoms with Crippen LogP contribution in [0.25, 0.3) is 0 Å². The molecular weight excluding hydrogens is 283 g/mol. The highest BCUT2D eigenvalue weighted by Crippen LogP contribution is 2.27. The molecule has 0 aromatic heterocycles. The Morgan fingerprint density at radius 1 is 1.45 bits per heavy atom. The van der Waals surface area contributed by atoms with E-state index in [2.05, 4.69) is 10.2 Å². The molecule has 4 nitrogen and oxygen atoms in total. The molecule has 1 saturated heterocycles. The number of amides is 1. The molecule has 122 valence electrons. The van der Waals surface area contributed by atoms with E-state index in [-0.39, 0.29) is 17.8 Å². The van der Waals surface area contributed by atoms with Crippen molar-refractivity contribution in [2.45, 2.75) is 44.8 Å². The van der Waals surface area contributed by atoms with Gasteiger partial charge in [0.15, 0.2) is 0 Å². The van der Waals surface area contributed by atoms with Crippen LogP contribution >= 0.6 is 0 Å². The van der Waals surface area contributed by atoms with Crippen molar-refractivity contribution in [2.24, 2.45) is 0 Å². The van der Waals surface area contributed by atoms with Gasteiger partial charge in [-0.25, -0.2) is 4.39 Å². The van der Waals surface area contributed by atoms with Crippen LogP contribution in [0.2, 0.25) is 0 Å². The van der Waals surface area contributed by atoms with Crippen molar-refractivity contribution < 1.29 is 14.3 Å². The van der Waals surface area contributed by atoms with Crippen molar-refractivity contribution in [1.82, 2.24) is 10.2 Å². The second-order valence-electron chi connectivity index (χ2n) is 5.84. The van der Waals surface area contributed by atoms with Crippen LogP contribution in [0.5, 0.6) is 0 Å². The zero-order valence-electron chi connectivity index (χ0n) is 13.1. The Bertz CT molecular complexity index is 478. The molecule has 0 aliphatic carbocycles. The number of benzene rings is 1. The Hall–Kier alpha value is -1.46. The number of rotatable bonds is 7. The molecule has 1 fully saturated rings. The molecule has 2 unspecified atom stereocenters. The van der Waals surface area contributed by atoms with Crippen LogP contribution in [0.1, 0.15) is 44.3 Å². The van der Waals surface area contributed by atoms with E-state index >= 15 is 0 Å². The third kappa shape index (κ3) is 4.78. The molecule has 1 heterocycles. The van der Waals surface area contributed by atoms with Gasteiger partial charge in [-0.15, -0.1) is 0 Å². The normalized spacial score (nSPS) is 20.0. The minimum Gasteiger partial charge on any atom is -0.388 e. The molecule has 2 atom stereocenters. The zero-order chi connectivity index (χ0) is 15.9. The minimum absolute atomic E-state index is 0.0761. The summed E-state index contributed by atoms with van der Waals surface area (Å²) in [5.41, 5.74) is 0.747. The lowest BCUT2D eigenvalue weighted by Crippen LogP contribution is -2.35. The third-order valence-electron chi connectivity index (χ3n) is 4.25. The summed E-state index contributed by atoms with van der Waals surface area (Å²) in [6.07, 6.45) is 2.66. The number of aliphatic hydroxyl groups excluding tert-OH is 1. The van der Waals surface area contributed by atoms with E-state index < -0.39 is 6.10 Å². The molecule has 0 spiro atoms. The number of nitrogens with zero attached hydrogens (tertiary/aromatic N) is 1. The number of nitrogens with one attached hydrogen (secondary N) is 1. The zero-order valence-corrected chi connectivity index (χ0v) is 13.1. The fourth-order valence-corrected chi connectivity index (χ4v) is 3.07. The topological polar surface area (TPSA) is 52.6 Å². The van der Waals surface area contributed by atoms with Gasteiger partial charge in [0.1, 0.15) is 5.82 Å². The monoisotopic (exact) mass is 308 g/mol. The standard InChI is InChI=1S/C17H25FN2O2/c1-2-19-17(22)9-11-20-10-3-4-15(20)12-16(21)13-5-7-14(18)8-6-13/h5-8,15-16,21H,2-4,9-12H2,1H3,(H,19,22). The highest BCUT2D eigenvalue weighted by molar-refractivity contribution is 5.75. The summed E-state index contributed by atoms with van der Waals surface area (Å²) in [5, 5.41) is 13.1. The summed E-state index contributed by atoms with van der Waals surface area (Å²) < 4.78 is 12.9. The molecular formula is C17H25FN2O2. The Labute approximate surface area is 131 Å². The Kier molecular flexibility index (Phi) is 6.34. The Morgan fingerprint density at radius 3 is 2.86 bits per heavy atom. The number of carbonyl (C=O) groups is 1. The molecule has 2 N–H and O–H groups in total. The van der Waals surface area contributed by atoms with Gasteiger partial charge < -0.3 is 10.4 Å². The second kappa shape index (κ2) is 8.25. The molecule has 0 bridgehead atoms. The molecule has 0 saturated carbocycles. The average molecular weight is 308 g/mol. The van der Waals surface area contributed by atoms with Crippen LogP contribution in [0.4, 0.5) is 4.39 Å². The maximum absolute atomic E-state index is 12.9. The van der Waals surface area contributed by atoms with Gasteiger partial charge in [0.25, 0.3) is 0 Å². The highest BCUT2D eigenvalue weighted by Gasteiger charge is 2.27. The van der Waals surface area contributed by atoms with E-state index in [0.29, 0.717) is 19.4 Å². The second-order valence-corrected chi connectivity index (χ2v) is 5.84. The lowest BCUT2D eigenvalue weighted by Gasteiger charge is -2.26. The van der Waals surface area contributed by atoms with Crippen molar-refractivity contribution >= 4 is 5.91 Å². The van der Waals surface area contributed by atoms with E-state index in [1.807, 2.05) is 6.92 Å². The van der Waals surface area contributed by atoms with E-state index in [1.165, 1.54) is 12.1 Å². The number of carbonyl (C=O) groups excluding carboxylic acids is 1. The van der Waals surface area contributed by atoms with Crippen molar-refractivity contribution in [3.63, 3.8) is 0 Å². The lowest BCUT2D eigenvalue weighted by molar-refractivity contribution is -0.121. The van der Waals surface area contributed by atoms with Crippen LogP contribution in [-0.2, 0) is 4.79 Å². The first-order chi connectivity index (χ1) is 10.6. The minimum atomic E-state index is -0.587. The molecule has 1 aromatic rings. The molecule has 1 amide bonds. The summed E-state index contributed by atoms with van der Waals surface area (Å²) in [5.74, 6) is -0.215. The first-order valence-electron chi connectivity index (χ1n) is 8.04. The van der Waals surface area contributed by atoms with Gasteiger partial charge in [-0.1, -0.05) is 12.1 Å². The third-order valence-corrected chi connectivity index (χ3v) is 4.25. The number of hydrogen-bond acceptors (Lipinski definition) is 3. The molecule has 1 aliphatic heterocycles. The smallest absolute Gasteiger partial charge is 0.221 e. The van der Waals surface area contributed by atoms with Crippen molar-refractivity contribution in [3.05, 3.63) is 35.6 Å². The number of likely N-dealkylation sites (tertiary alicyclic amines) is 1. The largest absolute Gasteiger partial charge is 0.388 e. The first kappa shape index (κ1) is 16.9. The first-order valence-corrected chi connectivity index (χ1v) is 8.04. The van der Waals surface area contributed by atoms with E-state index in [4.69, 9.17) is 0 Å². The van der Waals surface area contributed by atoms with Gasteiger partial charge in [0.05, 0.1) is 6.10 Å². The van der Waals surface area contributed by atoms with Gasteiger partial charge in [0.2, 0.25) is 5.91 Å². The van der Waals surface area contributed by atoms with Crippen LogP contribution in [0.15, 0.2) is 24.3 Å². The quantitative estimate of drug-likeness (QED) is 0.812. The Morgan fingerprint density at radius 2 is 2.18 bits per heavy atom. The SMILES string of the molecule is CCNC(=O)CCN1CCCC1CC(O)c1ccc(F)cc1. The van der Waals surface area contributed by atoms with Gasteiger partial charge in [-0.2, -0.15) is 0 Å². The van der Waals surface area contributed by atoms with Crippen LogP contribution < -0.4 is 5.32 Å². The van der Waals surface area contributed by atoms with E-state index in [0.717, 1.165) is 31.5 Å². The predicted molar refractivity (Wildman–Crippen MR) is 83.9 cm³/mol. The molecule has 1 aromatic carbocycles. The summed E-state index contributed by atoms with van der Waals surface area (Å²) in [7, 11) is 0. The molecule has 0 radical (unpaired) electrons. The van der Waals surface area contributed by atoms with Crippen molar-refractivity contribution in [3.8, 4) is 0 Å². The van der Waals surface area contributed by atoms with Crippen molar-refractivity contribution in [1.29, 1.82) is 0 Å². The van der Waals surface area contributed by atoms with Crippen LogP contribution in [0.3, 0.4) is 0 Å². The van der Waals surface area contributed by atoms with E-state index in [9.17, 15) is 14.3 Å². The van der Waals surface area contributed by atoms with E-state index in [1.54, 1.807) is 12.1 Å². The maximum atomic E-state index is 12.9. The maximum Gasteiger partial charge on any atom is 0.221 e. The fourth-order valence-electron chi connectivity index (χ4n) is 3.07. The lowest BCUT2D eigenvalue weighted by atomic mass is 10.0. The van der Waals surface area contributed by atoms with Crippen LogP contribution in [0, 0.1) is 5.82 Å². The van der Waals surface area contributed by atoms with Gasteiger partial charge >= 0.3 is 0 Å².